The summed E-state index contributed by atoms with van der Waals surface area (Å²) in [6, 6.07) is 26.8. The summed E-state index contributed by atoms with van der Waals surface area (Å²) in [4.78, 5) is 5.49. The minimum Gasteiger partial charge on any atom is -0.493 e. The lowest BCUT2D eigenvalue weighted by atomic mass is 9.48. The third-order valence-electron chi connectivity index (χ3n) is 12.9. The van der Waals surface area contributed by atoms with Crippen LogP contribution in [0.15, 0.2) is 72.8 Å². The zero-order valence-corrected chi connectivity index (χ0v) is 29.1. The van der Waals surface area contributed by atoms with Crippen LogP contribution < -0.4 is 9.47 Å². The molecule has 1 spiro atoms. The number of hydrogen-bond acceptors (Lipinski definition) is 5. The fourth-order valence-electron chi connectivity index (χ4n) is 10.4. The van der Waals surface area contributed by atoms with E-state index in [9.17, 15) is 5.11 Å². The van der Waals surface area contributed by atoms with E-state index in [1.807, 2.05) is 0 Å². The molecule has 1 N–H and O–H groups in total. The smallest absolute Gasteiger partial charge is 0.165 e. The van der Waals surface area contributed by atoms with Crippen molar-refractivity contribution in [1.82, 2.24) is 9.80 Å². The lowest BCUT2D eigenvalue weighted by Crippen LogP contribution is -2.78. The maximum absolute atomic E-state index is 13.1. The van der Waals surface area contributed by atoms with Crippen molar-refractivity contribution in [2.45, 2.75) is 119 Å². The molecular formula is C43H56N2O3. The SMILES string of the molecule is COc1ccc2c3c1O[C@H]1[C@H](N(CCCCCCc4ccccc4)CCCCc4ccccc4)CC[C@@]4(O)[C@@H](C2)N(CC2CC2)CC[C@]314. The molecule has 48 heavy (non-hydrogen) atoms. The van der Waals surface area contributed by atoms with Crippen molar-refractivity contribution in [3.05, 3.63) is 95.1 Å². The summed E-state index contributed by atoms with van der Waals surface area (Å²) in [6.45, 7) is 4.40. The van der Waals surface area contributed by atoms with Gasteiger partial charge in [-0.25, -0.2) is 0 Å². The normalized spacial score (nSPS) is 28.7. The van der Waals surface area contributed by atoms with Gasteiger partial charge in [-0.2, -0.15) is 0 Å². The number of aryl methyl sites for hydroxylation is 2. The number of benzene rings is 3. The molecule has 0 unspecified atom stereocenters. The van der Waals surface area contributed by atoms with Gasteiger partial charge < -0.3 is 14.6 Å². The number of hydrogen-bond donors (Lipinski definition) is 1. The number of piperidine rings is 1. The van der Waals surface area contributed by atoms with Gasteiger partial charge in [-0.3, -0.25) is 9.80 Å². The third-order valence-corrected chi connectivity index (χ3v) is 12.9. The Morgan fingerprint density at radius 3 is 2.17 bits per heavy atom. The molecule has 5 nitrogen and oxygen atoms in total. The van der Waals surface area contributed by atoms with Crippen molar-refractivity contribution in [1.29, 1.82) is 0 Å². The van der Waals surface area contributed by atoms with Crippen molar-refractivity contribution >= 4 is 0 Å². The zero-order valence-electron chi connectivity index (χ0n) is 29.1. The molecule has 3 aromatic carbocycles. The van der Waals surface area contributed by atoms with E-state index in [0.717, 1.165) is 75.7 Å². The van der Waals surface area contributed by atoms with Crippen LogP contribution in [0.3, 0.4) is 0 Å². The molecule has 5 atom stereocenters. The molecule has 3 aromatic rings. The van der Waals surface area contributed by atoms with E-state index in [0.29, 0.717) is 6.04 Å². The maximum atomic E-state index is 13.1. The van der Waals surface area contributed by atoms with Gasteiger partial charge in [0.25, 0.3) is 0 Å². The molecule has 3 fully saturated rings. The largest absolute Gasteiger partial charge is 0.493 e. The number of nitrogens with zero attached hydrogens (tertiary/aromatic N) is 2. The van der Waals surface area contributed by atoms with Crippen LogP contribution in [0.4, 0.5) is 0 Å². The monoisotopic (exact) mass is 648 g/mol. The molecule has 5 aliphatic rings. The summed E-state index contributed by atoms with van der Waals surface area (Å²) in [5.74, 6) is 2.59. The van der Waals surface area contributed by atoms with Crippen LogP contribution in [0.2, 0.25) is 0 Å². The summed E-state index contributed by atoms with van der Waals surface area (Å²) in [5.41, 5.74) is 4.44. The highest BCUT2D eigenvalue weighted by atomic mass is 16.5. The molecule has 0 aromatic heterocycles. The molecule has 5 heteroatoms. The number of ether oxygens (including phenoxy) is 2. The molecular weight excluding hydrogens is 592 g/mol. The summed E-state index contributed by atoms with van der Waals surface area (Å²) in [7, 11) is 1.77. The van der Waals surface area contributed by atoms with E-state index in [2.05, 4.69) is 82.6 Å². The molecule has 8 rings (SSSR count). The highest BCUT2D eigenvalue weighted by Gasteiger charge is 2.73. The lowest BCUT2D eigenvalue weighted by molar-refractivity contribution is -0.200. The van der Waals surface area contributed by atoms with E-state index in [1.165, 1.54) is 80.0 Å². The van der Waals surface area contributed by atoms with Crippen LogP contribution in [0.25, 0.3) is 0 Å². The lowest BCUT2D eigenvalue weighted by Gasteiger charge is -2.65. The van der Waals surface area contributed by atoms with Crippen LogP contribution in [-0.4, -0.2) is 72.0 Å². The van der Waals surface area contributed by atoms with Gasteiger partial charge in [0.1, 0.15) is 6.10 Å². The average molecular weight is 649 g/mol. The van der Waals surface area contributed by atoms with Crippen molar-refractivity contribution in [3.8, 4) is 11.5 Å². The first-order valence-electron chi connectivity index (χ1n) is 19.3. The Balaban J connectivity index is 1.03. The molecule has 1 saturated heterocycles. The number of likely N-dealkylation sites (tertiary alicyclic amines) is 1. The number of rotatable bonds is 16. The summed E-state index contributed by atoms with van der Waals surface area (Å²) in [5, 5.41) is 13.1. The number of aliphatic hydroxyl groups is 1. The van der Waals surface area contributed by atoms with Gasteiger partial charge in [0, 0.05) is 24.2 Å². The first-order valence-corrected chi connectivity index (χ1v) is 19.3. The minimum atomic E-state index is -0.762. The Bertz CT molecular complexity index is 1530. The van der Waals surface area contributed by atoms with Gasteiger partial charge in [-0.15, -0.1) is 0 Å². The predicted octanol–water partition coefficient (Wildman–Crippen LogP) is 7.76. The van der Waals surface area contributed by atoms with Gasteiger partial charge >= 0.3 is 0 Å². The standard InChI is InChI=1S/C43H56N2O3/c1-47-37-23-22-35-30-38-43(46)25-24-36(41-42(43,39(35)40(37)48-41)26-29-45(38)31-34-20-21-34)44(28-13-11-19-33-17-9-5-10-18-33)27-12-3-2-6-14-32-15-7-4-8-16-32/h4-5,7-10,15-18,22-23,34,36,38,41,46H,2-3,6,11-14,19-21,24-31H2,1H3/t36-,38-,41+,42+,43-/m1/s1. The maximum Gasteiger partial charge on any atom is 0.165 e. The van der Waals surface area contributed by atoms with Crippen molar-refractivity contribution in [3.63, 3.8) is 0 Å². The third kappa shape index (κ3) is 5.88. The predicted molar refractivity (Wildman–Crippen MR) is 193 cm³/mol. The van der Waals surface area contributed by atoms with Crippen LogP contribution in [0, 0.1) is 5.92 Å². The Morgan fingerprint density at radius 1 is 0.812 bits per heavy atom. The molecule has 2 aliphatic heterocycles. The highest BCUT2D eigenvalue weighted by Crippen LogP contribution is 2.66. The molecule has 0 radical (unpaired) electrons. The second-order valence-corrected chi connectivity index (χ2v) is 15.7. The zero-order chi connectivity index (χ0) is 32.6. The Kier molecular flexibility index (Phi) is 9.30. The van der Waals surface area contributed by atoms with E-state index in [1.54, 1.807) is 7.11 Å². The fourth-order valence-corrected chi connectivity index (χ4v) is 10.4. The van der Waals surface area contributed by atoms with Crippen molar-refractivity contribution in [2.75, 3.05) is 33.3 Å². The van der Waals surface area contributed by atoms with E-state index in [-0.39, 0.29) is 17.6 Å². The van der Waals surface area contributed by atoms with Crippen LogP contribution in [0.5, 0.6) is 11.5 Å². The number of methoxy groups -OCH3 is 1. The highest BCUT2D eigenvalue weighted by molar-refractivity contribution is 5.63. The Labute approximate surface area is 288 Å². The first-order chi connectivity index (χ1) is 23.6. The van der Waals surface area contributed by atoms with E-state index >= 15 is 0 Å². The van der Waals surface area contributed by atoms with Gasteiger partial charge in [-0.1, -0.05) is 79.6 Å². The molecule has 256 valence electrons. The van der Waals surface area contributed by atoms with Crippen molar-refractivity contribution in [2.24, 2.45) is 5.92 Å². The molecule has 2 bridgehead atoms. The van der Waals surface area contributed by atoms with Gasteiger partial charge in [0.2, 0.25) is 0 Å². The Morgan fingerprint density at radius 2 is 1.48 bits per heavy atom. The van der Waals surface area contributed by atoms with Crippen LogP contribution >= 0.6 is 0 Å². The molecule has 0 amide bonds. The summed E-state index contributed by atoms with van der Waals surface area (Å²) >= 11 is 0. The summed E-state index contributed by atoms with van der Waals surface area (Å²) < 4.78 is 13.2. The van der Waals surface area contributed by atoms with Gasteiger partial charge in [-0.05, 0) is 125 Å². The average Bonchev–Trinajstić information content (AvgIpc) is 3.86. The van der Waals surface area contributed by atoms with Gasteiger partial charge in [0.05, 0.1) is 18.1 Å². The molecule has 2 heterocycles. The minimum absolute atomic E-state index is 0.0422. The second-order valence-electron chi connectivity index (χ2n) is 15.7. The summed E-state index contributed by atoms with van der Waals surface area (Å²) in [6.07, 6.45) is 16.1. The van der Waals surface area contributed by atoms with Crippen LogP contribution in [0.1, 0.15) is 92.9 Å². The Hall–Kier alpha value is -2.86. The fraction of sp³-hybridized carbons (Fsp3) is 0.581. The van der Waals surface area contributed by atoms with Crippen molar-refractivity contribution < 1.29 is 14.6 Å². The number of unbranched alkanes of at least 4 members (excludes halogenated alkanes) is 4. The van der Waals surface area contributed by atoms with E-state index < -0.39 is 5.60 Å². The van der Waals surface area contributed by atoms with E-state index in [4.69, 9.17) is 9.47 Å². The van der Waals surface area contributed by atoms with Crippen LogP contribution in [-0.2, 0) is 24.7 Å². The first kappa shape index (κ1) is 32.4. The quantitative estimate of drug-likeness (QED) is 0.161. The van der Waals surface area contributed by atoms with Gasteiger partial charge in [0.15, 0.2) is 11.5 Å². The molecule has 2 saturated carbocycles. The topological polar surface area (TPSA) is 45.2 Å². The second kappa shape index (κ2) is 13.8. The molecule has 3 aliphatic carbocycles.